The number of benzene rings is 1. The summed E-state index contributed by atoms with van der Waals surface area (Å²) in [4.78, 5) is 12.9. The van der Waals surface area contributed by atoms with Crippen LogP contribution in [0.25, 0.3) is 0 Å². The zero-order valence-electron chi connectivity index (χ0n) is 11.2. The number of hydrogen-bond acceptors (Lipinski definition) is 4. The highest BCUT2D eigenvalue weighted by Crippen LogP contribution is 2.25. The molecule has 1 atom stereocenters. The van der Waals surface area contributed by atoms with Crippen LogP contribution < -0.4 is 0 Å². The van der Waals surface area contributed by atoms with Crippen LogP contribution in [0.15, 0.2) is 18.2 Å². The van der Waals surface area contributed by atoms with Crippen molar-refractivity contribution in [1.82, 2.24) is 4.90 Å². The highest BCUT2D eigenvalue weighted by Gasteiger charge is 2.23. The Labute approximate surface area is 113 Å². The topological polar surface area (TPSA) is 66.6 Å². The predicted molar refractivity (Wildman–Crippen MR) is 72.9 cm³/mol. The minimum Gasteiger partial charge on any atom is -0.396 e. The average molecular weight is 264 g/mol. The lowest BCUT2D eigenvalue weighted by atomic mass is 10.1. The lowest BCUT2D eigenvalue weighted by Gasteiger charge is -2.17. The fourth-order valence-electron chi connectivity index (χ4n) is 2.75. The lowest BCUT2D eigenvalue weighted by Crippen LogP contribution is -2.21. The SMILES string of the molecule is Cc1c(CN2CCC(CCO)C2)cccc1[N+](=O)[O-]. The Hall–Kier alpha value is -1.46. The second-order valence-electron chi connectivity index (χ2n) is 5.22. The van der Waals surface area contributed by atoms with Crippen LogP contribution in [0.3, 0.4) is 0 Å². The molecule has 2 rings (SSSR count). The average Bonchev–Trinajstić information content (AvgIpc) is 2.79. The van der Waals surface area contributed by atoms with E-state index in [0.717, 1.165) is 43.6 Å². The molecule has 1 aliphatic rings. The van der Waals surface area contributed by atoms with Gasteiger partial charge in [-0.15, -0.1) is 0 Å². The molecule has 0 saturated carbocycles. The second-order valence-corrected chi connectivity index (χ2v) is 5.22. The minimum absolute atomic E-state index is 0.198. The zero-order chi connectivity index (χ0) is 13.8. The number of rotatable bonds is 5. The molecule has 0 bridgehead atoms. The van der Waals surface area contributed by atoms with Gasteiger partial charge in [0.05, 0.1) is 4.92 Å². The summed E-state index contributed by atoms with van der Waals surface area (Å²) in [6.45, 7) is 4.80. The summed E-state index contributed by atoms with van der Waals surface area (Å²) in [5.41, 5.74) is 1.99. The maximum Gasteiger partial charge on any atom is 0.272 e. The Morgan fingerprint density at radius 1 is 1.53 bits per heavy atom. The predicted octanol–water partition coefficient (Wildman–Crippen LogP) is 2.11. The van der Waals surface area contributed by atoms with E-state index in [4.69, 9.17) is 5.11 Å². The monoisotopic (exact) mass is 264 g/mol. The summed E-state index contributed by atoms with van der Waals surface area (Å²) < 4.78 is 0. The van der Waals surface area contributed by atoms with Gasteiger partial charge in [0.25, 0.3) is 5.69 Å². The third-order valence-corrected chi connectivity index (χ3v) is 3.92. The third-order valence-electron chi connectivity index (χ3n) is 3.92. The summed E-state index contributed by atoms with van der Waals surface area (Å²) in [7, 11) is 0. The van der Waals surface area contributed by atoms with E-state index in [1.54, 1.807) is 12.1 Å². The number of aliphatic hydroxyl groups excluding tert-OH is 1. The number of nitro groups is 1. The molecule has 104 valence electrons. The Bertz CT molecular complexity index is 462. The van der Waals surface area contributed by atoms with E-state index in [1.165, 1.54) is 0 Å². The van der Waals surface area contributed by atoms with Gasteiger partial charge in [-0.1, -0.05) is 12.1 Å². The Balaban J connectivity index is 2.04. The molecule has 1 aromatic carbocycles. The molecule has 0 aliphatic carbocycles. The van der Waals surface area contributed by atoms with Gasteiger partial charge in [-0.25, -0.2) is 0 Å². The van der Waals surface area contributed by atoms with Crippen LogP contribution in [0.2, 0.25) is 0 Å². The maximum atomic E-state index is 10.9. The van der Waals surface area contributed by atoms with Crippen molar-refractivity contribution < 1.29 is 10.0 Å². The Kier molecular flexibility index (Phi) is 4.50. The fourth-order valence-corrected chi connectivity index (χ4v) is 2.75. The highest BCUT2D eigenvalue weighted by molar-refractivity contribution is 5.44. The van der Waals surface area contributed by atoms with Crippen molar-refractivity contribution in [2.45, 2.75) is 26.3 Å². The van der Waals surface area contributed by atoms with Crippen LogP contribution in [0.1, 0.15) is 24.0 Å². The molecule has 0 radical (unpaired) electrons. The van der Waals surface area contributed by atoms with Crippen molar-refractivity contribution in [3.05, 3.63) is 39.4 Å². The molecule has 1 aromatic rings. The van der Waals surface area contributed by atoms with Crippen LogP contribution >= 0.6 is 0 Å². The van der Waals surface area contributed by atoms with Crippen molar-refractivity contribution in [3.8, 4) is 0 Å². The molecule has 1 heterocycles. The third kappa shape index (κ3) is 3.30. The minimum atomic E-state index is -0.322. The van der Waals surface area contributed by atoms with E-state index < -0.39 is 0 Å². The van der Waals surface area contributed by atoms with E-state index in [0.29, 0.717) is 5.92 Å². The molecular formula is C14H20N2O3. The standard InChI is InChI=1S/C14H20N2O3/c1-11-13(3-2-4-14(11)16(18)19)10-15-7-5-12(9-15)6-8-17/h2-4,12,17H,5-10H2,1H3. The van der Waals surface area contributed by atoms with Gasteiger partial charge in [0.2, 0.25) is 0 Å². The van der Waals surface area contributed by atoms with Crippen molar-refractivity contribution in [2.24, 2.45) is 5.92 Å². The molecule has 1 unspecified atom stereocenters. The molecule has 1 aliphatic heterocycles. The highest BCUT2D eigenvalue weighted by atomic mass is 16.6. The summed E-state index contributed by atoms with van der Waals surface area (Å²) >= 11 is 0. The van der Waals surface area contributed by atoms with Gasteiger partial charge >= 0.3 is 0 Å². The molecular weight excluding hydrogens is 244 g/mol. The van der Waals surface area contributed by atoms with Gasteiger partial charge < -0.3 is 5.11 Å². The van der Waals surface area contributed by atoms with Crippen LogP contribution in [0.4, 0.5) is 5.69 Å². The van der Waals surface area contributed by atoms with Crippen molar-refractivity contribution in [1.29, 1.82) is 0 Å². The van der Waals surface area contributed by atoms with Gasteiger partial charge in [0.15, 0.2) is 0 Å². The van der Waals surface area contributed by atoms with E-state index in [-0.39, 0.29) is 17.2 Å². The number of aliphatic hydroxyl groups is 1. The summed E-state index contributed by atoms with van der Waals surface area (Å²) in [6, 6.07) is 5.26. The van der Waals surface area contributed by atoms with E-state index in [1.807, 2.05) is 13.0 Å². The largest absolute Gasteiger partial charge is 0.396 e. The molecule has 0 spiro atoms. The lowest BCUT2D eigenvalue weighted by molar-refractivity contribution is -0.385. The summed E-state index contributed by atoms with van der Waals surface area (Å²) in [6.07, 6.45) is 1.96. The van der Waals surface area contributed by atoms with Gasteiger partial charge in [0, 0.05) is 31.3 Å². The fraction of sp³-hybridized carbons (Fsp3) is 0.571. The summed E-state index contributed by atoms with van der Waals surface area (Å²) in [5, 5.41) is 19.9. The van der Waals surface area contributed by atoms with Crippen LogP contribution in [0, 0.1) is 23.0 Å². The molecule has 0 amide bonds. The first kappa shape index (κ1) is 14.0. The normalized spacial score (nSPS) is 19.8. The van der Waals surface area contributed by atoms with Crippen molar-refractivity contribution >= 4 is 5.69 Å². The van der Waals surface area contributed by atoms with Gasteiger partial charge in [-0.05, 0) is 37.8 Å². The molecule has 5 nitrogen and oxygen atoms in total. The van der Waals surface area contributed by atoms with Gasteiger partial charge in [-0.3, -0.25) is 15.0 Å². The second kappa shape index (κ2) is 6.12. The number of nitro benzene ring substituents is 1. The first-order valence-corrected chi connectivity index (χ1v) is 6.68. The first-order chi connectivity index (χ1) is 9.11. The van der Waals surface area contributed by atoms with E-state index >= 15 is 0 Å². The molecule has 5 heteroatoms. The molecule has 19 heavy (non-hydrogen) atoms. The van der Waals surface area contributed by atoms with Crippen molar-refractivity contribution in [2.75, 3.05) is 19.7 Å². The summed E-state index contributed by atoms with van der Waals surface area (Å²) in [5.74, 6) is 0.559. The van der Waals surface area contributed by atoms with Gasteiger partial charge in [-0.2, -0.15) is 0 Å². The molecule has 1 saturated heterocycles. The maximum absolute atomic E-state index is 10.9. The Morgan fingerprint density at radius 3 is 3.00 bits per heavy atom. The first-order valence-electron chi connectivity index (χ1n) is 6.68. The molecule has 1 N–H and O–H groups in total. The van der Waals surface area contributed by atoms with E-state index in [9.17, 15) is 10.1 Å². The zero-order valence-corrected chi connectivity index (χ0v) is 11.2. The van der Waals surface area contributed by atoms with Crippen LogP contribution in [-0.4, -0.2) is 34.6 Å². The number of likely N-dealkylation sites (tertiary alicyclic amines) is 1. The van der Waals surface area contributed by atoms with Crippen LogP contribution in [0.5, 0.6) is 0 Å². The van der Waals surface area contributed by atoms with Gasteiger partial charge in [0.1, 0.15) is 0 Å². The van der Waals surface area contributed by atoms with E-state index in [2.05, 4.69) is 4.90 Å². The Morgan fingerprint density at radius 2 is 2.32 bits per heavy atom. The molecule has 1 fully saturated rings. The smallest absolute Gasteiger partial charge is 0.272 e. The quantitative estimate of drug-likeness (QED) is 0.653. The number of hydrogen-bond donors (Lipinski definition) is 1. The molecule has 0 aromatic heterocycles. The number of nitrogens with zero attached hydrogens (tertiary/aromatic N) is 2. The van der Waals surface area contributed by atoms with Crippen LogP contribution in [-0.2, 0) is 6.54 Å². The van der Waals surface area contributed by atoms with Crippen molar-refractivity contribution in [3.63, 3.8) is 0 Å².